The molecule has 8 nitrogen and oxygen atoms in total. The molecule has 0 atom stereocenters. The quantitative estimate of drug-likeness (QED) is 0.292. The molecule has 0 aliphatic carbocycles. The van der Waals surface area contributed by atoms with Crippen LogP contribution in [0.3, 0.4) is 0 Å². The van der Waals surface area contributed by atoms with Gasteiger partial charge < -0.3 is 20.8 Å². The average molecular weight is 261 g/mol. The van der Waals surface area contributed by atoms with E-state index in [9.17, 15) is 0 Å². The van der Waals surface area contributed by atoms with Crippen LogP contribution in [0.5, 0.6) is 0 Å². The molecule has 0 spiro atoms. The van der Waals surface area contributed by atoms with Crippen LogP contribution in [0.4, 0.5) is 0 Å². The molecule has 0 amide bonds. The number of aromatic nitrogens is 4. The molecule has 0 fully saturated rings. The lowest BCUT2D eigenvalue weighted by Gasteiger charge is -2.08. The molecule has 0 bridgehead atoms. The molecule has 19 heavy (non-hydrogen) atoms. The summed E-state index contributed by atoms with van der Waals surface area (Å²) in [7, 11) is 1.88. The number of hydrogen-bond acceptors (Lipinski definition) is 6. The Morgan fingerprint density at radius 1 is 1.53 bits per heavy atom. The smallest absolute Gasteiger partial charge is 0.189 e. The van der Waals surface area contributed by atoms with E-state index in [1.54, 1.807) is 18.6 Å². The minimum atomic E-state index is -0.00365. The molecule has 0 aliphatic heterocycles. The zero-order chi connectivity index (χ0) is 13.7. The van der Waals surface area contributed by atoms with Gasteiger partial charge in [-0.25, -0.2) is 0 Å². The number of rotatable bonds is 5. The number of pyridine rings is 1. The van der Waals surface area contributed by atoms with E-state index in [-0.39, 0.29) is 5.84 Å². The van der Waals surface area contributed by atoms with Gasteiger partial charge in [-0.2, -0.15) is 0 Å². The fraction of sp³-hybridized carbons (Fsp3) is 0.273. The molecule has 8 heteroatoms. The van der Waals surface area contributed by atoms with E-state index in [2.05, 4.69) is 25.7 Å². The van der Waals surface area contributed by atoms with Gasteiger partial charge in [-0.15, -0.1) is 10.2 Å². The molecular formula is C11H15N7O. The second kappa shape index (κ2) is 5.91. The normalized spacial score (nSPS) is 11.7. The second-order valence-corrected chi connectivity index (χ2v) is 3.96. The SMILES string of the molecule is Cn1cnnc1CNCc1cccnc1C(N)=NO. The Morgan fingerprint density at radius 2 is 2.37 bits per heavy atom. The van der Waals surface area contributed by atoms with Gasteiger partial charge in [0.15, 0.2) is 5.84 Å². The van der Waals surface area contributed by atoms with Crippen molar-refractivity contribution < 1.29 is 5.21 Å². The Bertz CT molecular complexity index is 578. The molecule has 2 rings (SSSR count). The summed E-state index contributed by atoms with van der Waals surface area (Å²) >= 11 is 0. The first-order valence-electron chi connectivity index (χ1n) is 5.67. The van der Waals surface area contributed by atoms with E-state index in [1.165, 1.54) is 0 Å². The summed E-state index contributed by atoms with van der Waals surface area (Å²) < 4.78 is 1.83. The van der Waals surface area contributed by atoms with Gasteiger partial charge in [0.25, 0.3) is 0 Å². The molecular weight excluding hydrogens is 246 g/mol. The number of nitrogens with one attached hydrogen (secondary N) is 1. The lowest BCUT2D eigenvalue weighted by molar-refractivity contribution is 0.318. The molecule has 0 unspecified atom stereocenters. The lowest BCUT2D eigenvalue weighted by atomic mass is 10.2. The minimum Gasteiger partial charge on any atom is -0.409 e. The zero-order valence-corrected chi connectivity index (χ0v) is 10.5. The van der Waals surface area contributed by atoms with E-state index < -0.39 is 0 Å². The van der Waals surface area contributed by atoms with Crippen LogP contribution in [0.2, 0.25) is 0 Å². The van der Waals surface area contributed by atoms with Crippen molar-refractivity contribution in [3.05, 3.63) is 41.7 Å². The number of oxime groups is 1. The molecule has 0 saturated carbocycles. The van der Waals surface area contributed by atoms with Gasteiger partial charge in [0.1, 0.15) is 17.8 Å². The number of nitrogens with zero attached hydrogens (tertiary/aromatic N) is 5. The molecule has 0 aliphatic rings. The summed E-state index contributed by atoms with van der Waals surface area (Å²) in [5.74, 6) is 0.824. The zero-order valence-electron chi connectivity index (χ0n) is 10.5. The van der Waals surface area contributed by atoms with Crippen LogP contribution in [0, 0.1) is 0 Å². The van der Waals surface area contributed by atoms with E-state index in [1.807, 2.05) is 17.7 Å². The first kappa shape index (κ1) is 13.0. The van der Waals surface area contributed by atoms with Crippen molar-refractivity contribution in [3.8, 4) is 0 Å². The monoisotopic (exact) mass is 261 g/mol. The predicted octanol–water partition coefficient (Wildman–Crippen LogP) is -0.406. The predicted molar refractivity (Wildman–Crippen MR) is 68.3 cm³/mol. The van der Waals surface area contributed by atoms with Crippen LogP contribution in [-0.4, -0.2) is 30.8 Å². The first-order chi connectivity index (χ1) is 9.22. The van der Waals surface area contributed by atoms with Crippen molar-refractivity contribution in [1.29, 1.82) is 0 Å². The second-order valence-electron chi connectivity index (χ2n) is 3.96. The Kier molecular flexibility index (Phi) is 4.04. The van der Waals surface area contributed by atoms with E-state index in [0.29, 0.717) is 18.8 Å². The van der Waals surface area contributed by atoms with Crippen LogP contribution in [0.1, 0.15) is 17.1 Å². The molecule has 0 aromatic carbocycles. The Labute approximate surface area is 110 Å². The third-order valence-electron chi connectivity index (χ3n) is 2.65. The number of aryl methyl sites for hydroxylation is 1. The Hall–Kier alpha value is -2.48. The minimum absolute atomic E-state index is 0.00365. The first-order valence-corrected chi connectivity index (χ1v) is 5.67. The van der Waals surface area contributed by atoms with Crippen LogP contribution >= 0.6 is 0 Å². The van der Waals surface area contributed by atoms with Crippen molar-refractivity contribution in [2.75, 3.05) is 0 Å². The molecule has 2 heterocycles. The topological polar surface area (TPSA) is 114 Å². The summed E-state index contributed by atoms with van der Waals surface area (Å²) in [5.41, 5.74) is 6.88. The van der Waals surface area contributed by atoms with Gasteiger partial charge >= 0.3 is 0 Å². The third kappa shape index (κ3) is 3.05. The number of hydrogen-bond donors (Lipinski definition) is 3. The van der Waals surface area contributed by atoms with Gasteiger partial charge in [0.05, 0.1) is 6.54 Å². The third-order valence-corrected chi connectivity index (χ3v) is 2.65. The molecule has 2 aromatic heterocycles. The molecule has 0 saturated heterocycles. The van der Waals surface area contributed by atoms with Gasteiger partial charge in [0, 0.05) is 19.8 Å². The maximum atomic E-state index is 8.71. The summed E-state index contributed by atoms with van der Waals surface area (Å²) in [4.78, 5) is 4.09. The van der Waals surface area contributed by atoms with Gasteiger partial charge in [-0.1, -0.05) is 11.2 Å². The number of amidine groups is 1. The largest absolute Gasteiger partial charge is 0.409 e. The van der Waals surface area contributed by atoms with Crippen LogP contribution in [0.15, 0.2) is 29.8 Å². The van der Waals surface area contributed by atoms with Gasteiger partial charge in [-0.05, 0) is 11.6 Å². The number of nitrogens with two attached hydrogens (primary N) is 1. The molecule has 2 aromatic rings. The maximum Gasteiger partial charge on any atom is 0.189 e. The van der Waals surface area contributed by atoms with Gasteiger partial charge in [0.2, 0.25) is 0 Å². The van der Waals surface area contributed by atoms with E-state index >= 15 is 0 Å². The van der Waals surface area contributed by atoms with Crippen LogP contribution in [-0.2, 0) is 20.1 Å². The fourth-order valence-corrected chi connectivity index (χ4v) is 1.64. The van der Waals surface area contributed by atoms with Crippen molar-refractivity contribution in [1.82, 2.24) is 25.1 Å². The maximum absolute atomic E-state index is 8.71. The fourth-order valence-electron chi connectivity index (χ4n) is 1.64. The summed E-state index contributed by atoms with van der Waals surface area (Å²) in [6, 6.07) is 3.66. The molecule has 4 N–H and O–H groups in total. The van der Waals surface area contributed by atoms with Crippen LogP contribution in [0.25, 0.3) is 0 Å². The summed E-state index contributed by atoms with van der Waals surface area (Å²) in [6.07, 6.45) is 3.24. The van der Waals surface area contributed by atoms with Crippen molar-refractivity contribution in [2.45, 2.75) is 13.1 Å². The van der Waals surface area contributed by atoms with Crippen molar-refractivity contribution in [3.63, 3.8) is 0 Å². The van der Waals surface area contributed by atoms with Crippen molar-refractivity contribution >= 4 is 5.84 Å². The Balaban J connectivity index is 2.02. The highest BCUT2D eigenvalue weighted by atomic mass is 16.4. The summed E-state index contributed by atoms with van der Waals surface area (Å²) in [6.45, 7) is 1.10. The van der Waals surface area contributed by atoms with Crippen molar-refractivity contribution in [2.24, 2.45) is 17.9 Å². The van der Waals surface area contributed by atoms with Gasteiger partial charge in [-0.3, -0.25) is 4.98 Å². The average Bonchev–Trinajstić information content (AvgIpc) is 2.84. The molecule has 0 radical (unpaired) electrons. The van der Waals surface area contributed by atoms with Crippen LogP contribution < -0.4 is 11.1 Å². The van der Waals surface area contributed by atoms with E-state index in [4.69, 9.17) is 10.9 Å². The summed E-state index contributed by atoms with van der Waals surface area (Å²) in [5, 5.41) is 22.6. The highest BCUT2D eigenvalue weighted by Crippen LogP contribution is 2.05. The Morgan fingerprint density at radius 3 is 3.05 bits per heavy atom. The lowest BCUT2D eigenvalue weighted by Crippen LogP contribution is -2.22. The highest BCUT2D eigenvalue weighted by molar-refractivity contribution is 5.96. The van der Waals surface area contributed by atoms with E-state index in [0.717, 1.165) is 11.4 Å². The highest BCUT2D eigenvalue weighted by Gasteiger charge is 2.08. The standard InChI is InChI=1S/C11H15N7O/c1-18-7-15-16-9(18)6-13-5-8-3-2-4-14-10(8)11(12)17-19/h2-4,7,13,19H,5-6H2,1H3,(H2,12,17). The molecule has 100 valence electrons.